The smallest absolute Gasteiger partial charge is 0.410 e. The number of carbonyl (C=O) groups is 2. The second-order valence-corrected chi connectivity index (χ2v) is 8.38. The molecule has 0 radical (unpaired) electrons. The van der Waals surface area contributed by atoms with E-state index in [1.165, 1.54) is 4.90 Å². The van der Waals surface area contributed by atoms with Gasteiger partial charge >= 0.3 is 6.09 Å². The number of ether oxygens (including phenoxy) is 1. The molecule has 1 fully saturated rings. The van der Waals surface area contributed by atoms with Crippen LogP contribution in [0.5, 0.6) is 0 Å². The molecule has 2 rings (SSSR count). The molecule has 1 aliphatic heterocycles. The Labute approximate surface area is 168 Å². The number of nitrogens with zero attached hydrogens (tertiary/aromatic N) is 3. The van der Waals surface area contributed by atoms with Crippen molar-refractivity contribution in [1.82, 2.24) is 15.2 Å². The highest BCUT2D eigenvalue weighted by molar-refractivity contribution is 9.10. The van der Waals surface area contributed by atoms with Crippen LogP contribution in [0.25, 0.3) is 0 Å². The highest BCUT2D eigenvalue weighted by Gasteiger charge is 2.35. The van der Waals surface area contributed by atoms with Crippen LogP contribution >= 0.6 is 15.9 Å². The van der Waals surface area contributed by atoms with Crippen molar-refractivity contribution >= 4 is 27.9 Å². The van der Waals surface area contributed by atoms with Gasteiger partial charge in [0.2, 0.25) is 5.91 Å². The van der Waals surface area contributed by atoms with Gasteiger partial charge in [0.15, 0.2) is 0 Å². The normalized spacial score (nSPS) is 18.3. The predicted octanol–water partition coefficient (Wildman–Crippen LogP) is 3.18. The molecule has 0 bridgehead atoms. The maximum atomic E-state index is 12.8. The molecule has 0 saturated carbocycles. The zero-order valence-electron chi connectivity index (χ0n) is 15.9. The number of rotatable bonds is 4. The molecule has 27 heavy (non-hydrogen) atoms. The van der Waals surface area contributed by atoms with Gasteiger partial charge in [-0.25, -0.2) is 9.78 Å². The first-order valence-electron chi connectivity index (χ1n) is 8.99. The summed E-state index contributed by atoms with van der Waals surface area (Å²) in [7, 11) is 0. The van der Waals surface area contributed by atoms with Crippen LogP contribution in [-0.4, -0.2) is 46.1 Å². The van der Waals surface area contributed by atoms with Crippen molar-refractivity contribution in [2.24, 2.45) is 0 Å². The number of aromatic nitrogens is 1. The monoisotopic (exact) mass is 436 g/mol. The number of likely N-dealkylation sites (tertiary alicyclic amines) is 1. The largest absolute Gasteiger partial charge is 0.444 e. The first kappa shape index (κ1) is 21.2. The number of pyridine rings is 1. The lowest BCUT2D eigenvalue weighted by Crippen LogP contribution is -2.54. The molecule has 2 atom stereocenters. The van der Waals surface area contributed by atoms with E-state index in [9.17, 15) is 14.9 Å². The maximum absolute atomic E-state index is 12.8. The summed E-state index contributed by atoms with van der Waals surface area (Å²) in [6.07, 6.45) is 3.76. The second-order valence-electron chi connectivity index (χ2n) is 7.57. The number of carbonyl (C=O) groups excluding carboxylic acids is 2. The number of halogens is 1. The topological polar surface area (TPSA) is 95.3 Å². The van der Waals surface area contributed by atoms with E-state index in [4.69, 9.17) is 4.74 Å². The summed E-state index contributed by atoms with van der Waals surface area (Å²) in [6, 6.07) is 4.44. The van der Waals surface area contributed by atoms with Gasteiger partial charge in [-0.1, -0.05) is 6.07 Å². The van der Waals surface area contributed by atoms with Crippen molar-refractivity contribution in [1.29, 1.82) is 5.26 Å². The van der Waals surface area contributed by atoms with E-state index in [2.05, 4.69) is 32.3 Å². The lowest BCUT2D eigenvalue weighted by Gasteiger charge is -2.36. The number of nitriles is 1. The first-order valence-corrected chi connectivity index (χ1v) is 9.79. The molecular weight excluding hydrogens is 412 g/mol. The molecule has 1 saturated heterocycles. The van der Waals surface area contributed by atoms with Crippen molar-refractivity contribution in [3.8, 4) is 6.07 Å². The lowest BCUT2D eigenvalue weighted by atomic mass is 10.0. The summed E-state index contributed by atoms with van der Waals surface area (Å²) < 4.78 is 6.13. The summed E-state index contributed by atoms with van der Waals surface area (Å²) in [4.78, 5) is 30.8. The van der Waals surface area contributed by atoms with Crippen LogP contribution in [0, 0.1) is 11.3 Å². The average molecular weight is 437 g/mol. The Morgan fingerprint density at radius 1 is 1.44 bits per heavy atom. The van der Waals surface area contributed by atoms with Crippen molar-refractivity contribution < 1.29 is 14.3 Å². The Hall–Kier alpha value is -2.14. The molecule has 2 amide bonds. The summed E-state index contributed by atoms with van der Waals surface area (Å²) in [5.74, 6) is -0.322. The number of hydrogen-bond acceptors (Lipinski definition) is 5. The van der Waals surface area contributed by atoms with Gasteiger partial charge < -0.3 is 10.1 Å². The van der Waals surface area contributed by atoms with E-state index in [-0.39, 0.29) is 5.91 Å². The van der Waals surface area contributed by atoms with Crippen molar-refractivity contribution in [3.63, 3.8) is 0 Å². The zero-order chi connectivity index (χ0) is 20.0. The minimum Gasteiger partial charge on any atom is -0.444 e. The highest BCUT2D eigenvalue weighted by atomic mass is 79.9. The van der Waals surface area contributed by atoms with E-state index in [1.54, 1.807) is 33.0 Å². The second kappa shape index (κ2) is 9.18. The zero-order valence-corrected chi connectivity index (χ0v) is 17.5. The quantitative estimate of drug-likeness (QED) is 0.730. The van der Waals surface area contributed by atoms with Crippen LogP contribution in [0.4, 0.5) is 4.79 Å². The number of amides is 2. The van der Waals surface area contributed by atoms with E-state index < -0.39 is 23.8 Å². The number of piperidine rings is 1. The Morgan fingerprint density at radius 2 is 2.19 bits per heavy atom. The van der Waals surface area contributed by atoms with Crippen LogP contribution in [0.1, 0.15) is 45.6 Å². The van der Waals surface area contributed by atoms with Crippen molar-refractivity contribution in [2.75, 3.05) is 6.54 Å². The van der Waals surface area contributed by atoms with Crippen LogP contribution in [-0.2, 0) is 16.0 Å². The molecule has 2 heterocycles. The molecule has 1 aliphatic rings. The van der Waals surface area contributed by atoms with Crippen LogP contribution in [0.15, 0.2) is 22.9 Å². The molecular formula is C19H25BrN4O3. The molecule has 1 unspecified atom stereocenters. The van der Waals surface area contributed by atoms with E-state index in [0.29, 0.717) is 24.0 Å². The number of nitrogens with one attached hydrogen (secondary N) is 1. The fraction of sp³-hybridized carbons (Fsp3) is 0.579. The van der Waals surface area contributed by atoms with E-state index in [0.717, 1.165) is 18.4 Å². The Morgan fingerprint density at radius 3 is 2.78 bits per heavy atom. The molecule has 8 heteroatoms. The molecule has 1 aromatic rings. The van der Waals surface area contributed by atoms with Crippen molar-refractivity contribution in [2.45, 2.75) is 64.1 Å². The maximum Gasteiger partial charge on any atom is 0.410 e. The minimum atomic E-state index is -0.692. The van der Waals surface area contributed by atoms with Crippen molar-refractivity contribution in [3.05, 3.63) is 28.5 Å². The van der Waals surface area contributed by atoms with Gasteiger partial charge in [0.1, 0.15) is 22.3 Å². The summed E-state index contributed by atoms with van der Waals surface area (Å²) in [5.41, 5.74) is 0.219. The van der Waals surface area contributed by atoms with Gasteiger partial charge in [0.05, 0.1) is 6.07 Å². The van der Waals surface area contributed by atoms with E-state index >= 15 is 0 Å². The predicted molar refractivity (Wildman–Crippen MR) is 104 cm³/mol. The van der Waals surface area contributed by atoms with Gasteiger partial charge in [0.25, 0.3) is 0 Å². The third-order valence-electron chi connectivity index (χ3n) is 4.13. The SMILES string of the molecule is CC(C)(C)OC(=O)N1CCCCC1C(=O)N[C@H](C#N)Cc1ccc(Br)nc1. The van der Waals surface area contributed by atoms with Crippen LogP contribution in [0.2, 0.25) is 0 Å². The van der Waals surface area contributed by atoms with Gasteiger partial charge in [-0.3, -0.25) is 9.69 Å². The lowest BCUT2D eigenvalue weighted by molar-refractivity contribution is -0.128. The number of hydrogen-bond donors (Lipinski definition) is 1. The summed E-state index contributed by atoms with van der Waals surface area (Å²) in [6.45, 7) is 5.85. The van der Waals surface area contributed by atoms with Gasteiger partial charge in [0, 0.05) is 19.2 Å². The molecule has 0 aliphatic carbocycles. The van der Waals surface area contributed by atoms with Crippen LogP contribution < -0.4 is 5.32 Å². The highest BCUT2D eigenvalue weighted by Crippen LogP contribution is 2.21. The van der Waals surface area contributed by atoms with Crippen LogP contribution in [0.3, 0.4) is 0 Å². The third kappa shape index (κ3) is 6.51. The fourth-order valence-corrected chi connectivity index (χ4v) is 3.14. The molecule has 7 nitrogen and oxygen atoms in total. The third-order valence-corrected chi connectivity index (χ3v) is 4.60. The molecule has 1 N–H and O–H groups in total. The fourth-order valence-electron chi connectivity index (χ4n) is 2.90. The first-order chi connectivity index (χ1) is 12.7. The molecule has 0 aromatic carbocycles. The van der Waals surface area contributed by atoms with Gasteiger partial charge in [-0.2, -0.15) is 5.26 Å². The molecule has 1 aromatic heterocycles. The minimum absolute atomic E-state index is 0.322. The molecule has 146 valence electrons. The summed E-state index contributed by atoms with van der Waals surface area (Å²) >= 11 is 3.27. The summed E-state index contributed by atoms with van der Waals surface area (Å²) in [5, 5.41) is 12.2. The Bertz CT molecular complexity index is 709. The van der Waals surface area contributed by atoms with Gasteiger partial charge in [-0.05, 0) is 67.6 Å². The Kier molecular flexibility index (Phi) is 7.19. The average Bonchev–Trinajstić information content (AvgIpc) is 2.61. The van der Waals surface area contributed by atoms with E-state index in [1.807, 2.05) is 6.07 Å². The molecule has 0 spiro atoms. The standard InChI is InChI=1S/C19H25BrN4O3/c1-19(2,3)27-18(26)24-9-5-4-6-15(24)17(25)23-14(11-21)10-13-7-8-16(20)22-12-13/h7-8,12,14-15H,4-6,9-10H2,1-3H3,(H,23,25)/t14-,15?/m0/s1. The Balaban J connectivity index is 2.03. The van der Waals surface area contributed by atoms with Gasteiger partial charge in [-0.15, -0.1) is 0 Å².